The lowest BCUT2D eigenvalue weighted by atomic mass is 10.1. The number of piperazine rings is 1. The monoisotopic (exact) mass is 533 g/mol. The zero-order chi connectivity index (χ0) is 26.7. The molecule has 3 aromatic carbocycles. The largest absolute Gasteiger partial charge is 0.496 e. The van der Waals surface area contributed by atoms with E-state index in [1.54, 1.807) is 65.7 Å². The number of amides is 1. The molecule has 0 N–H and O–H groups in total. The number of pyridine rings is 1. The van der Waals surface area contributed by atoms with Gasteiger partial charge in [0.05, 0.1) is 23.3 Å². The molecule has 1 aliphatic heterocycles. The highest BCUT2D eigenvalue weighted by Crippen LogP contribution is 2.25. The van der Waals surface area contributed by atoms with E-state index in [0.29, 0.717) is 60.7 Å². The Morgan fingerprint density at radius 1 is 0.947 bits per heavy atom. The third kappa shape index (κ3) is 5.39. The number of para-hydroxylation sites is 1. The lowest BCUT2D eigenvalue weighted by molar-refractivity contribution is 0.0626. The maximum atomic E-state index is 14.3. The minimum Gasteiger partial charge on any atom is -0.496 e. The Bertz CT molecular complexity index is 1560. The van der Waals surface area contributed by atoms with Crippen molar-refractivity contribution in [2.75, 3.05) is 33.3 Å². The normalized spacial score (nSPS) is 14.5. The van der Waals surface area contributed by atoms with Crippen molar-refractivity contribution in [3.05, 3.63) is 102 Å². The Kier molecular flexibility index (Phi) is 7.40. The van der Waals surface area contributed by atoms with Gasteiger partial charge in [0.2, 0.25) is 0 Å². The highest BCUT2D eigenvalue weighted by molar-refractivity contribution is 7.90. The average molecular weight is 534 g/mol. The molecule has 0 saturated carbocycles. The summed E-state index contributed by atoms with van der Waals surface area (Å²) < 4.78 is 45.9. The van der Waals surface area contributed by atoms with Crippen LogP contribution >= 0.6 is 0 Å². The first kappa shape index (κ1) is 25.8. The van der Waals surface area contributed by atoms with Crippen molar-refractivity contribution < 1.29 is 22.3 Å². The minimum absolute atomic E-state index is 0.110. The Morgan fingerprint density at radius 2 is 1.66 bits per heavy atom. The van der Waals surface area contributed by atoms with Crippen molar-refractivity contribution in [1.82, 2.24) is 14.8 Å². The molecule has 5 rings (SSSR count). The third-order valence-corrected chi connectivity index (χ3v) is 8.54. The molecule has 9 heteroatoms. The van der Waals surface area contributed by atoms with Crippen molar-refractivity contribution in [3.8, 4) is 5.75 Å². The lowest BCUT2D eigenvalue weighted by Gasteiger charge is -2.35. The van der Waals surface area contributed by atoms with Gasteiger partial charge in [-0.15, -0.1) is 0 Å². The van der Waals surface area contributed by atoms with Crippen LogP contribution in [0.5, 0.6) is 5.75 Å². The van der Waals surface area contributed by atoms with Crippen LogP contribution in [0.3, 0.4) is 0 Å². The summed E-state index contributed by atoms with van der Waals surface area (Å²) in [6.45, 7) is 2.66. The molecular formula is C29H28FN3O4S. The van der Waals surface area contributed by atoms with Crippen LogP contribution in [0.1, 0.15) is 21.5 Å². The number of methoxy groups -OCH3 is 1. The van der Waals surface area contributed by atoms with E-state index in [1.807, 2.05) is 12.1 Å². The van der Waals surface area contributed by atoms with Crippen molar-refractivity contribution in [2.45, 2.75) is 17.2 Å². The quantitative estimate of drug-likeness (QED) is 0.352. The molecular weight excluding hydrogens is 505 g/mol. The molecule has 1 aliphatic rings. The summed E-state index contributed by atoms with van der Waals surface area (Å²) in [6.07, 6.45) is 1.58. The highest BCUT2D eigenvalue weighted by Gasteiger charge is 2.24. The van der Waals surface area contributed by atoms with E-state index in [1.165, 1.54) is 13.2 Å². The van der Waals surface area contributed by atoms with Gasteiger partial charge in [0.15, 0.2) is 9.84 Å². The van der Waals surface area contributed by atoms with Crippen molar-refractivity contribution in [2.24, 2.45) is 0 Å². The first-order chi connectivity index (χ1) is 18.4. The summed E-state index contributed by atoms with van der Waals surface area (Å²) in [7, 11) is -2.11. The van der Waals surface area contributed by atoms with Crippen LogP contribution in [0.25, 0.3) is 10.9 Å². The zero-order valence-electron chi connectivity index (χ0n) is 21.0. The van der Waals surface area contributed by atoms with Crippen LogP contribution in [0.4, 0.5) is 4.39 Å². The molecule has 0 radical (unpaired) electrons. The van der Waals surface area contributed by atoms with Crippen LogP contribution in [-0.4, -0.2) is 62.4 Å². The summed E-state index contributed by atoms with van der Waals surface area (Å²) in [5.41, 5.74) is 2.06. The molecule has 1 aromatic heterocycles. The molecule has 4 aromatic rings. The standard InChI is InChI=1S/C29H28FN3O4S/c1-37-26-8-3-7-25(30)24(26)19-32-15-17-33(18-16-32)29(34)23-12-10-21(11-13-23)20-38(35,36)27-9-2-5-22-6-4-14-31-28(22)27/h2-14H,15-20H2,1H3. The first-order valence-corrected chi connectivity index (χ1v) is 14.0. The Hall–Kier alpha value is -3.82. The molecule has 196 valence electrons. The van der Waals surface area contributed by atoms with Crippen molar-refractivity contribution in [3.63, 3.8) is 0 Å². The van der Waals surface area contributed by atoms with E-state index < -0.39 is 9.84 Å². The number of halogens is 1. The van der Waals surface area contributed by atoms with E-state index in [9.17, 15) is 17.6 Å². The number of aromatic nitrogens is 1. The molecule has 2 heterocycles. The summed E-state index contributed by atoms with van der Waals surface area (Å²) in [6, 6.07) is 20.2. The summed E-state index contributed by atoms with van der Waals surface area (Å²) >= 11 is 0. The predicted molar refractivity (Wildman–Crippen MR) is 143 cm³/mol. The number of rotatable bonds is 7. The van der Waals surface area contributed by atoms with Crippen molar-refractivity contribution in [1.29, 1.82) is 0 Å². The Morgan fingerprint density at radius 3 is 2.39 bits per heavy atom. The number of fused-ring (bicyclic) bond motifs is 1. The maximum Gasteiger partial charge on any atom is 0.253 e. The van der Waals surface area contributed by atoms with Gasteiger partial charge < -0.3 is 9.64 Å². The SMILES string of the molecule is COc1cccc(F)c1CN1CCN(C(=O)c2ccc(CS(=O)(=O)c3cccc4cccnc34)cc2)CC1. The molecule has 0 unspecified atom stereocenters. The minimum atomic E-state index is -3.63. The van der Waals surface area contributed by atoms with Gasteiger partial charge in [-0.2, -0.15) is 0 Å². The van der Waals surface area contributed by atoms with Gasteiger partial charge in [0.25, 0.3) is 5.91 Å². The van der Waals surface area contributed by atoms with E-state index >= 15 is 0 Å². The van der Waals surface area contributed by atoms with Crippen LogP contribution in [-0.2, 0) is 22.1 Å². The molecule has 0 bridgehead atoms. The third-order valence-electron chi connectivity index (χ3n) is 6.83. The van der Waals surface area contributed by atoms with Crippen molar-refractivity contribution >= 4 is 26.6 Å². The van der Waals surface area contributed by atoms with Gasteiger partial charge in [-0.3, -0.25) is 14.7 Å². The van der Waals surface area contributed by atoms with Crippen LogP contribution in [0, 0.1) is 5.82 Å². The predicted octanol–water partition coefficient (Wildman–Crippen LogP) is 4.31. The molecule has 38 heavy (non-hydrogen) atoms. The molecule has 0 aliphatic carbocycles. The molecule has 0 atom stereocenters. The summed E-state index contributed by atoms with van der Waals surface area (Å²) in [5.74, 6) is -0.0835. The van der Waals surface area contributed by atoms with Gasteiger partial charge in [0.1, 0.15) is 11.6 Å². The fourth-order valence-corrected chi connectivity index (χ4v) is 6.30. The average Bonchev–Trinajstić information content (AvgIpc) is 2.94. The second kappa shape index (κ2) is 10.9. The van der Waals surface area contributed by atoms with Crippen LogP contribution < -0.4 is 4.74 Å². The number of sulfone groups is 1. The second-order valence-electron chi connectivity index (χ2n) is 9.28. The zero-order valence-corrected chi connectivity index (χ0v) is 21.8. The van der Waals surface area contributed by atoms with Crippen LogP contribution in [0.15, 0.2) is 83.9 Å². The number of benzene rings is 3. The summed E-state index contributed by atoms with van der Waals surface area (Å²) in [5, 5.41) is 0.766. The topological polar surface area (TPSA) is 79.8 Å². The van der Waals surface area contributed by atoms with Gasteiger partial charge in [-0.05, 0) is 42.0 Å². The number of ether oxygens (including phenoxy) is 1. The van der Waals surface area contributed by atoms with Gasteiger partial charge >= 0.3 is 0 Å². The van der Waals surface area contributed by atoms with E-state index in [0.717, 1.165) is 5.39 Å². The van der Waals surface area contributed by atoms with E-state index in [-0.39, 0.29) is 22.4 Å². The molecule has 1 fully saturated rings. The molecule has 7 nitrogen and oxygen atoms in total. The maximum absolute atomic E-state index is 14.3. The smallest absolute Gasteiger partial charge is 0.253 e. The number of nitrogens with zero attached hydrogens (tertiary/aromatic N) is 3. The molecule has 0 spiro atoms. The van der Waals surface area contributed by atoms with E-state index in [2.05, 4.69) is 9.88 Å². The second-order valence-corrected chi connectivity index (χ2v) is 11.2. The Labute approximate surface area is 221 Å². The number of hydrogen-bond acceptors (Lipinski definition) is 6. The first-order valence-electron chi connectivity index (χ1n) is 12.3. The number of hydrogen-bond donors (Lipinski definition) is 0. The lowest BCUT2D eigenvalue weighted by Crippen LogP contribution is -2.48. The van der Waals surface area contributed by atoms with Gasteiger partial charge in [-0.25, -0.2) is 12.8 Å². The summed E-state index contributed by atoms with van der Waals surface area (Å²) in [4.78, 5) is 21.4. The van der Waals surface area contributed by atoms with Crippen LogP contribution in [0.2, 0.25) is 0 Å². The molecule has 1 saturated heterocycles. The number of carbonyl (C=O) groups is 1. The fourth-order valence-electron chi connectivity index (χ4n) is 4.77. The fraction of sp³-hybridized carbons (Fsp3) is 0.241. The molecule has 1 amide bonds. The number of carbonyl (C=O) groups excluding carboxylic acids is 1. The Balaban J connectivity index is 1.22. The highest BCUT2D eigenvalue weighted by atomic mass is 32.2. The van der Waals surface area contributed by atoms with E-state index in [4.69, 9.17) is 4.74 Å². The van der Waals surface area contributed by atoms with Gasteiger partial charge in [-0.1, -0.05) is 36.4 Å². The van der Waals surface area contributed by atoms with Gasteiger partial charge in [0, 0.05) is 55.4 Å².